The quantitative estimate of drug-likeness (QED) is 0.404. The maximum absolute atomic E-state index is 9.64. The first-order valence-electron chi connectivity index (χ1n) is 4.55. The largest absolute Gasteiger partial charge is 2.00 e. The molecular formula is C12H14NiO4. The van der Waals surface area contributed by atoms with Crippen LogP contribution in [0.2, 0.25) is 0 Å². The summed E-state index contributed by atoms with van der Waals surface area (Å²) in [6.45, 7) is 3.61. The third kappa shape index (κ3) is 31.4. The van der Waals surface area contributed by atoms with E-state index in [2.05, 4.69) is 0 Å². The van der Waals surface area contributed by atoms with Crippen LogP contribution in [0.25, 0.3) is 0 Å². The fraction of sp³-hybridized carbons (Fsp3) is 0.167. The maximum atomic E-state index is 9.64. The van der Waals surface area contributed by atoms with Gasteiger partial charge in [0.25, 0.3) is 0 Å². The van der Waals surface area contributed by atoms with Gasteiger partial charge in [0, 0.05) is 0 Å². The normalized spacial score (nSPS) is 10.5. The van der Waals surface area contributed by atoms with E-state index >= 15 is 0 Å². The van der Waals surface area contributed by atoms with Gasteiger partial charge in [-0.25, -0.2) is 0 Å². The van der Waals surface area contributed by atoms with Gasteiger partial charge in [0.2, 0.25) is 0 Å². The second-order valence-corrected chi connectivity index (χ2v) is 2.41. The molecule has 0 unspecified atom stereocenters. The van der Waals surface area contributed by atoms with Crippen LogP contribution in [-0.2, 0) is 26.1 Å². The van der Waals surface area contributed by atoms with Gasteiger partial charge in [0.15, 0.2) is 0 Å². The summed E-state index contributed by atoms with van der Waals surface area (Å²) in [5.74, 6) is -2.33. The Kier molecular flexibility index (Phi) is 20.5. The van der Waals surface area contributed by atoms with Crippen molar-refractivity contribution in [2.45, 2.75) is 13.8 Å². The third-order valence-electron chi connectivity index (χ3n) is 1.07. The van der Waals surface area contributed by atoms with Crippen molar-refractivity contribution in [2.24, 2.45) is 0 Å². The number of allylic oxidation sites excluding steroid dienone is 6. The summed E-state index contributed by atoms with van der Waals surface area (Å²) in [6.07, 6.45) is 11.5. The molecule has 0 spiro atoms. The summed E-state index contributed by atoms with van der Waals surface area (Å²) < 4.78 is 0. The van der Waals surface area contributed by atoms with Crippen molar-refractivity contribution in [3.63, 3.8) is 0 Å². The standard InChI is InChI=1S/2C6H8O2.Ni/c2*1-2-3-4-5-6(7)8;/h2*2-5H,1H3,(H,7,8);/q;;+2/p-2/b2*3-2+,5-4+;. The fourth-order valence-electron chi connectivity index (χ4n) is 0.490. The number of aliphatic carboxylic acids is 2. The van der Waals surface area contributed by atoms with E-state index in [4.69, 9.17) is 0 Å². The van der Waals surface area contributed by atoms with Crippen LogP contribution in [0.1, 0.15) is 13.8 Å². The van der Waals surface area contributed by atoms with Crippen LogP contribution in [0, 0.1) is 0 Å². The van der Waals surface area contributed by atoms with Crippen LogP contribution >= 0.6 is 0 Å². The molecule has 0 amide bonds. The molecule has 0 aliphatic rings. The summed E-state index contributed by atoms with van der Waals surface area (Å²) in [4.78, 5) is 19.3. The zero-order valence-corrected chi connectivity index (χ0v) is 10.6. The molecule has 0 fully saturated rings. The molecule has 0 rings (SSSR count). The van der Waals surface area contributed by atoms with Gasteiger partial charge >= 0.3 is 16.5 Å². The van der Waals surface area contributed by atoms with Crippen LogP contribution in [0.3, 0.4) is 0 Å². The summed E-state index contributed by atoms with van der Waals surface area (Å²) in [7, 11) is 0. The average Bonchev–Trinajstić information content (AvgIpc) is 2.18. The van der Waals surface area contributed by atoms with Crippen LogP contribution in [0.4, 0.5) is 0 Å². The molecule has 0 radical (unpaired) electrons. The Hall–Kier alpha value is -1.61. The fourth-order valence-corrected chi connectivity index (χ4v) is 0.490. The van der Waals surface area contributed by atoms with Gasteiger partial charge < -0.3 is 19.8 Å². The number of hydrogen-bond acceptors (Lipinski definition) is 4. The molecule has 0 aromatic rings. The van der Waals surface area contributed by atoms with Crippen molar-refractivity contribution in [1.82, 2.24) is 0 Å². The summed E-state index contributed by atoms with van der Waals surface area (Å²) in [6, 6.07) is 0. The summed E-state index contributed by atoms with van der Waals surface area (Å²) in [5, 5.41) is 19.3. The van der Waals surface area contributed by atoms with E-state index in [1.165, 1.54) is 12.2 Å². The molecule has 0 aliphatic carbocycles. The van der Waals surface area contributed by atoms with Crippen LogP contribution in [-0.4, -0.2) is 11.9 Å². The Morgan fingerprint density at radius 3 is 1.24 bits per heavy atom. The molecule has 0 bridgehead atoms. The van der Waals surface area contributed by atoms with E-state index in [0.717, 1.165) is 12.2 Å². The van der Waals surface area contributed by atoms with Crippen molar-refractivity contribution in [3.05, 3.63) is 48.6 Å². The number of carboxylic acid groups (broad SMARTS) is 2. The van der Waals surface area contributed by atoms with Gasteiger partial charge in [-0.1, -0.05) is 36.5 Å². The van der Waals surface area contributed by atoms with Crippen LogP contribution in [0.15, 0.2) is 48.6 Å². The molecule has 0 N–H and O–H groups in total. The van der Waals surface area contributed by atoms with Crippen molar-refractivity contribution >= 4 is 11.9 Å². The van der Waals surface area contributed by atoms with Crippen LogP contribution < -0.4 is 10.2 Å². The molecule has 96 valence electrons. The Bertz CT molecular complexity index is 282. The number of carbonyl (C=O) groups is 2. The molecule has 0 aromatic heterocycles. The monoisotopic (exact) mass is 280 g/mol. The molecule has 0 aliphatic heterocycles. The van der Waals surface area contributed by atoms with Gasteiger partial charge in [-0.15, -0.1) is 0 Å². The number of carbonyl (C=O) groups excluding carboxylic acids is 2. The molecule has 17 heavy (non-hydrogen) atoms. The minimum atomic E-state index is -1.16. The molecule has 4 nitrogen and oxygen atoms in total. The first-order valence-corrected chi connectivity index (χ1v) is 4.55. The second-order valence-electron chi connectivity index (χ2n) is 2.41. The number of hydrogen-bond donors (Lipinski definition) is 0. The van der Waals surface area contributed by atoms with Gasteiger partial charge in [0.1, 0.15) is 0 Å². The number of carboxylic acids is 2. The summed E-state index contributed by atoms with van der Waals surface area (Å²) in [5.41, 5.74) is 0. The third-order valence-corrected chi connectivity index (χ3v) is 1.07. The molecular weight excluding hydrogens is 267 g/mol. The minimum Gasteiger partial charge on any atom is -0.545 e. The van der Waals surface area contributed by atoms with E-state index in [0.29, 0.717) is 0 Å². The molecule has 0 saturated heterocycles. The Morgan fingerprint density at radius 1 is 0.765 bits per heavy atom. The van der Waals surface area contributed by atoms with Crippen LogP contribution in [0.5, 0.6) is 0 Å². The molecule has 0 heterocycles. The average molecular weight is 281 g/mol. The summed E-state index contributed by atoms with van der Waals surface area (Å²) >= 11 is 0. The first kappa shape index (κ1) is 20.8. The van der Waals surface area contributed by atoms with E-state index in [-0.39, 0.29) is 16.5 Å². The van der Waals surface area contributed by atoms with Gasteiger partial charge in [-0.3, -0.25) is 0 Å². The molecule has 0 aromatic carbocycles. The van der Waals surface area contributed by atoms with Crippen molar-refractivity contribution in [2.75, 3.05) is 0 Å². The van der Waals surface area contributed by atoms with Gasteiger partial charge in [-0.2, -0.15) is 0 Å². The molecule has 5 heteroatoms. The topological polar surface area (TPSA) is 80.3 Å². The SMILES string of the molecule is C/C=C/C=C/C(=O)[O-].C/C=C/C=C/C(=O)[O-].[Ni+2]. The predicted octanol–water partition coefficient (Wildman–Crippen LogP) is -0.265. The second kappa shape index (κ2) is 16.8. The first-order chi connectivity index (χ1) is 7.54. The Morgan fingerprint density at radius 2 is 1.06 bits per heavy atom. The van der Waals surface area contributed by atoms with Crippen molar-refractivity contribution in [3.8, 4) is 0 Å². The predicted molar refractivity (Wildman–Crippen MR) is 57.9 cm³/mol. The Labute approximate surface area is 111 Å². The zero-order valence-electron chi connectivity index (χ0n) is 9.57. The van der Waals surface area contributed by atoms with E-state index in [1.807, 2.05) is 0 Å². The van der Waals surface area contributed by atoms with Crippen molar-refractivity contribution < 1.29 is 36.3 Å². The Balaban J connectivity index is -0.000000218. The zero-order chi connectivity index (χ0) is 12.8. The van der Waals surface area contributed by atoms with Gasteiger partial charge in [-0.05, 0) is 26.0 Å². The van der Waals surface area contributed by atoms with E-state index in [1.54, 1.807) is 38.2 Å². The van der Waals surface area contributed by atoms with E-state index in [9.17, 15) is 19.8 Å². The van der Waals surface area contributed by atoms with Gasteiger partial charge in [0.05, 0.1) is 11.9 Å². The van der Waals surface area contributed by atoms with Crippen molar-refractivity contribution in [1.29, 1.82) is 0 Å². The smallest absolute Gasteiger partial charge is 0.545 e. The maximum Gasteiger partial charge on any atom is 2.00 e. The molecule has 0 atom stereocenters. The van der Waals surface area contributed by atoms with E-state index < -0.39 is 11.9 Å². The molecule has 0 saturated carbocycles. The minimum absolute atomic E-state index is 0. The number of rotatable bonds is 4.